The quantitative estimate of drug-likeness (QED) is 0.874. The molecule has 2 rings (SSSR count). The Morgan fingerprint density at radius 2 is 1.61 bits per heavy atom. The molecule has 0 saturated carbocycles. The third-order valence-electron chi connectivity index (χ3n) is 3.19. The number of hydrogen-bond donors (Lipinski definition) is 1. The van der Waals surface area contributed by atoms with Crippen molar-refractivity contribution in [3.8, 4) is 0 Å². The molecule has 2 aromatic carbocycles. The number of hydrogen-bond acceptors (Lipinski definition) is 1. The SMILES string of the molecule is Cc1cc(C(N)Cc2ccccc2)cc(C)c1F. The second-order valence-electron chi connectivity index (χ2n) is 4.76. The lowest BCUT2D eigenvalue weighted by Gasteiger charge is -2.14. The molecule has 1 nitrogen and oxygen atoms in total. The summed E-state index contributed by atoms with van der Waals surface area (Å²) in [6.45, 7) is 3.56. The second kappa shape index (κ2) is 5.32. The van der Waals surface area contributed by atoms with E-state index in [1.54, 1.807) is 13.8 Å². The van der Waals surface area contributed by atoms with Gasteiger partial charge in [0.1, 0.15) is 5.82 Å². The smallest absolute Gasteiger partial charge is 0.129 e. The molecule has 0 aliphatic carbocycles. The Kier molecular flexibility index (Phi) is 3.78. The van der Waals surface area contributed by atoms with E-state index in [1.807, 2.05) is 30.3 Å². The molecule has 0 bridgehead atoms. The Bertz CT molecular complexity index is 511. The van der Waals surface area contributed by atoms with Crippen LogP contribution in [0.15, 0.2) is 42.5 Å². The summed E-state index contributed by atoms with van der Waals surface area (Å²) in [5.74, 6) is -0.134. The van der Waals surface area contributed by atoms with E-state index in [9.17, 15) is 4.39 Å². The Morgan fingerprint density at radius 1 is 1.06 bits per heavy atom. The highest BCUT2D eigenvalue weighted by Gasteiger charge is 2.11. The summed E-state index contributed by atoms with van der Waals surface area (Å²) >= 11 is 0. The average molecular weight is 243 g/mol. The minimum Gasteiger partial charge on any atom is -0.324 e. The monoisotopic (exact) mass is 243 g/mol. The van der Waals surface area contributed by atoms with E-state index in [-0.39, 0.29) is 11.9 Å². The molecule has 0 fully saturated rings. The summed E-state index contributed by atoms with van der Waals surface area (Å²) in [6, 6.07) is 13.7. The van der Waals surface area contributed by atoms with Crippen molar-refractivity contribution in [2.24, 2.45) is 5.73 Å². The standard InChI is InChI=1S/C16H18FN/c1-11-8-14(9-12(2)16(11)17)15(18)10-13-6-4-3-5-7-13/h3-9,15H,10,18H2,1-2H3. The molecular formula is C16H18FN. The van der Waals surface area contributed by atoms with Crippen LogP contribution >= 0.6 is 0 Å². The zero-order valence-electron chi connectivity index (χ0n) is 10.8. The van der Waals surface area contributed by atoms with Gasteiger partial charge < -0.3 is 5.73 Å². The van der Waals surface area contributed by atoms with Gasteiger partial charge in [-0.25, -0.2) is 4.39 Å². The minimum absolute atomic E-state index is 0.0922. The van der Waals surface area contributed by atoms with Gasteiger partial charge in [-0.1, -0.05) is 42.5 Å². The highest BCUT2D eigenvalue weighted by atomic mass is 19.1. The van der Waals surface area contributed by atoms with Gasteiger partial charge in [0.15, 0.2) is 0 Å². The maximum atomic E-state index is 13.6. The zero-order valence-corrected chi connectivity index (χ0v) is 10.8. The largest absolute Gasteiger partial charge is 0.324 e. The number of halogens is 1. The Morgan fingerprint density at radius 3 is 2.17 bits per heavy atom. The highest BCUT2D eigenvalue weighted by Crippen LogP contribution is 2.21. The maximum absolute atomic E-state index is 13.6. The van der Waals surface area contributed by atoms with Gasteiger partial charge in [0.05, 0.1) is 0 Å². The van der Waals surface area contributed by atoms with Crippen LogP contribution in [0.3, 0.4) is 0 Å². The summed E-state index contributed by atoms with van der Waals surface area (Å²) in [5.41, 5.74) is 9.71. The molecule has 2 heteroatoms. The van der Waals surface area contributed by atoms with Gasteiger partial charge in [0.25, 0.3) is 0 Å². The zero-order chi connectivity index (χ0) is 13.1. The lowest BCUT2D eigenvalue weighted by atomic mass is 9.96. The first-order valence-corrected chi connectivity index (χ1v) is 6.14. The molecule has 94 valence electrons. The third-order valence-corrected chi connectivity index (χ3v) is 3.19. The lowest BCUT2D eigenvalue weighted by Crippen LogP contribution is -2.14. The lowest BCUT2D eigenvalue weighted by molar-refractivity contribution is 0.605. The topological polar surface area (TPSA) is 26.0 Å². The van der Waals surface area contributed by atoms with Crippen molar-refractivity contribution in [3.05, 3.63) is 70.5 Å². The molecule has 0 heterocycles. The molecule has 2 N–H and O–H groups in total. The number of benzene rings is 2. The van der Waals surface area contributed by atoms with Crippen LogP contribution in [0.2, 0.25) is 0 Å². The molecular weight excluding hydrogens is 225 g/mol. The predicted octanol–water partition coefficient (Wildman–Crippen LogP) is 3.69. The second-order valence-corrected chi connectivity index (χ2v) is 4.76. The third kappa shape index (κ3) is 2.77. The van der Waals surface area contributed by atoms with Crippen molar-refractivity contribution in [1.29, 1.82) is 0 Å². The van der Waals surface area contributed by atoms with Gasteiger partial charge in [-0.2, -0.15) is 0 Å². The van der Waals surface area contributed by atoms with E-state index in [2.05, 4.69) is 12.1 Å². The van der Waals surface area contributed by atoms with Gasteiger partial charge >= 0.3 is 0 Å². The van der Waals surface area contributed by atoms with Crippen molar-refractivity contribution in [2.75, 3.05) is 0 Å². The van der Waals surface area contributed by atoms with E-state index in [0.717, 1.165) is 12.0 Å². The van der Waals surface area contributed by atoms with Crippen LogP contribution in [0.25, 0.3) is 0 Å². The molecule has 18 heavy (non-hydrogen) atoms. The molecule has 0 spiro atoms. The molecule has 0 amide bonds. The number of aryl methyl sites for hydroxylation is 2. The highest BCUT2D eigenvalue weighted by molar-refractivity contribution is 5.33. The Labute approximate surface area is 107 Å². The van der Waals surface area contributed by atoms with Crippen LogP contribution in [-0.2, 0) is 6.42 Å². The first-order chi connectivity index (χ1) is 8.58. The van der Waals surface area contributed by atoms with Crippen LogP contribution < -0.4 is 5.73 Å². The van der Waals surface area contributed by atoms with E-state index in [1.165, 1.54) is 5.56 Å². The molecule has 0 saturated heterocycles. The van der Waals surface area contributed by atoms with Gasteiger partial charge in [-0.15, -0.1) is 0 Å². The minimum atomic E-state index is -0.134. The molecule has 1 unspecified atom stereocenters. The van der Waals surface area contributed by atoms with Crippen molar-refractivity contribution in [3.63, 3.8) is 0 Å². The first-order valence-electron chi connectivity index (χ1n) is 6.14. The van der Waals surface area contributed by atoms with Crippen LogP contribution in [-0.4, -0.2) is 0 Å². The molecule has 0 aliphatic rings. The van der Waals surface area contributed by atoms with Crippen molar-refractivity contribution in [1.82, 2.24) is 0 Å². The molecule has 0 aromatic heterocycles. The normalized spacial score (nSPS) is 12.4. The number of rotatable bonds is 3. The first kappa shape index (κ1) is 12.8. The fourth-order valence-corrected chi connectivity index (χ4v) is 2.18. The van der Waals surface area contributed by atoms with Crippen LogP contribution in [0.5, 0.6) is 0 Å². The van der Waals surface area contributed by atoms with Crippen LogP contribution in [0, 0.1) is 19.7 Å². The van der Waals surface area contributed by atoms with Crippen molar-refractivity contribution in [2.45, 2.75) is 26.3 Å². The van der Waals surface area contributed by atoms with E-state index >= 15 is 0 Å². The molecule has 0 aliphatic heterocycles. The summed E-state index contributed by atoms with van der Waals surface area (Å²) in [6.07, 6.45) is 0.769. The summed E-state index contributed by atoms with van der Waals surface area (Å²) in [4.78, 5) is 0. The average Bonchev–Trinajstić information content (AvgIpc) is 2.36. The van der Waals surface area contributed by atoms with Gasteiger partial charge in [0, 0.05) is 6.04 Å². The van der Waals surface area contributed by atoms with Gasteiger partial charge in [-0.05, 0) is 42.5 Å². The Balaban J connectivity index is 2.22. The predicted molar refractivity (Wildman–Crippen MR) is 72.9 cm³/mol. The van der Waals surface area contributed by atoms with Crippen molar-refractivity contribution < 1.29 is 4.39 Å². The van der Waals surface area contributed by atoms with E-state index in [0.29, 0.717) is 11.1 Å². The molecule has 1 atom stereocenters. The summed E-state index contributed by atoms with van der Waals surface area (Å²) in [5, 5.41) is 0. The molecule has 2 aromatic rings. The van der Waals surface area contributed by atoms with E-state index in [4.69, 9.17) is 5.73 Å². The fraction of sp³-hybridized carbons (Fsp3) is 0.250. The van der Waals surface area contributed by atoms with Crippen LogP contribution in [0.1, 0.15) is 28.3 Å². The summed E-state index contributed by atoms with van der Waals surface area (Å²) < 4.78 is 13.6. The number of nitrogens with two attached hydrogens (primary N) is 1. The van der Waals surface area contributed by atoms with Gasteiger partial charge in [-0.3, -0.25) is 0 Å². The summed E-state index contributed by atoms with van der Waals surface area (Å²) in [7, 11) is 0. The fourth-order valence-electron chi connectivity index (χ4n) is 2.18. The maximum Gasteiger partial charge on any atom is 0.129 e. The molecule has 0 radical (unpaired) electrons. The van der Waals surface area contributed by atoms with Crippen molar-refractivity contribution >= 4 is 0 Å². The van der Waals surface area contributed by atoms with E-state index < -0.39 is 0 Å². The Hall–Kier alpha value is -1.67. The van der Waals surface area contributed by atoms with Crippen LogP contribution in [0.4, 0.5) is 4.39 Å². The van der Waals surface area contributed by atoms with Gasteiger partial charge in [0.2, 0.25) is 0 Å².